The van der Waals surface area contributed by atoms with E-state index in [-0.39, 0.29) is 18.3 Å². The largest absolute Gasteiger partial charge is 0.374 e. The van der Waals surface area contributed by atoms with E-state index >= 15 is 0 Å². The third-order valence-electron chi connectivity index (χ3n) is 6.97. The molecule has 0 aromatic heterocycles. The van der Waals surface area contributed by atoms with Crippen molar-refractivity contribution in [3.63, 3.8) is 0 Å². The lowest BCUT2D eigenvalue weighted by molar-refractivity contribution is -0.293. The molecule has 5 rings (SSSR count). The standard InChI is InChI=1S/C29H36O6/c1-2-18-31-28-27(32-20-23-14-8-4-9-15-23)26-25(34-29(35-26)16-10-5-11-17-29)24(33-28)21-30-19-22-12-6-3-7-13-22/h2-4,6-9,12-15,24-28H,1,5,10-11,16-21H2/t24-,25+,26+,27-,28-/m1/s1. The van der Waals surface area contributed by atoms with Gasteiger partial charge >= 0.3 is 0 Å². The summed E-state index contributed by atoms with van der Waals surface area (Å²) >= 11 is 0. The summed E-state index contributed by atoms with van der Waals surface area (Å²) in [6.45, 7) is 5.49. The Morgan fingerprint density at radius 2 is 1.49 bits per heavy atom. The third-order valence-corrected chi connectivity index (χ3v) is 6.97. The minimum Gasteiger partial charge on any atom is -0.374 e. The topological polar surface area (TPSA) is 55.4 Å². The van der Waals surface area contributed by atoms with Gasteiger partial charge < -0.3 is 28.4 Å². The van der Waals surface area contributed by atoms with Crippen LogP contribution in [0.15, 0.2) is 73.3 Å². The van der Waals surface area contributed by atoms with Gasteiger partial charge in [-0.3, -0.25) is 0 Å². The van der Waals surface area contributed by atoms with Crippen LogP contribution in [0.3, 0.4) is 0 Å². The lowest BCUT2D eigenvalue weighted by atomic mass is 9.94. The second-order valence-electron chi connectivity index (χ2n) is 9.56. The zero-order chi connectivity index (χ0) is 23.9. The fourth-order valence-electron chi connectivity index (χ4n) is 5.25. The number of fused-ring (bicyclic) bond motifs is 1. The highest BCUT2D eigenvalue weighted by Crippen LogP contribution is 2.46. The molecule has 2 aromatic rings. The Morgan fingerprint density at radius 3 is 2.17 bits per heavy atom. The van der Waals surface area contributed by atoms with Crippen molar-refractivity contribution < 1.29 is 28.4 Å². The van der Waals surface area contributed by atoms with Gasteiger partial charge in [-0.05, 0) is 24.0 Å². The predicted octanol–water partition coefficient (Wildman–Crippen LogP) is 5.16. The number of hydrogen-bond donors (Lipinski definition) is 0. The van der Waals surface area contributed by atoms with Crippen LogP contribution in [-0.4, -0.2) is 49.7 Å². The molecule has 3 aliphatic rings. The van der Waals surface area contributed by atoms with E-state index in [1.165, 1.54) is 6.42 Å². The average Bonchev–Trinajstić information content (AvgIpc) is 3.27. The summed E-state index contributed by atoms with van der Waals surface area (Å²) in [7, 11) is 0. The van der Waals surface area contributed by atoms with E-state index in [9.17, 15) is 0 Å². The van der Waals surface area contributed by atoms with Crippen molar-refractivity contribution >= 4 is 0 Å². The van der Waals surface area contributed by atoms with Crippen LogP contribution in [0, 0.1) is 0 Å². The van der Waals surface area contributed by atoms with Crippen LogP contribution in [0.2, 0.25) is 0 Å². The van der Waals surface area contributed by atoms with E-state index in [4.69, 9.17) is 28.4 Å². The van der Waals surface area contributed by atoms with Gasteiger partial charge in [0.1, 0.15) is 24.4 Å². The Balaban J connectivity index is 1.33. The molecule has 2 aromatic carbocycles. The van der Waals surface area contributed by atoms with Gasteiger partial charge in [0.2, 0.25) is 0 Å². The van der Waals surface area contributed by atoms with Crippen molar-refractivity contribution in [3.05, 3.63) is 84.4 Å². The molecular formula is C29H36O6. The van der Waals surface area contributed by atoms with E-state index in [0.29, 0.717) is 26.4 Å². The first-order valence-corrected chi connectivity index (χ1v) is 12.8. The van der Waals surface area contributed by atoms with Gasteiger partial charge in [0.15, 0.2) is 12.1 Å². The molecule has 0 bridgehead atoms. The molecule has 6 nitrogen and oxygen atoms in total. The Morgan fingerprint density at radius 1 is 0.829 bits per heavy atom. The van der Waals surface area contributed by atoms with E-state index < -0.39 is 18.2 Å². The summed E-state index contributed by atoms with van der Waals surface area (Å²) in [5, 5.41) is 0. The molecule has 1 aliphatic carbocycles. The number of rotatable bonds is 10. The lowest BCUT2D eigenvalue weighted by Crippen LogP contribution is -2.59. The molecule has 188 valence electrons. The predicted molar refractivity (Wildman–Crippen MR) is 131 cm³/mol. The first-order valence-electron chi connectivity index (χ1n) is 12.8. The van der Waals surface area contributed by atoms with Crippen molar-refractivity contribution in [2.75, 3.05) is 13.2 Å². The summed E-state index contributed by atoms with van der Waals surface area (Å²) in [5.74, 6) is -0.573. The minimum absolute atomic E-state index is 0.284. The number of hydrogen-bond acceptors (Lipinski definition) is 6. The van der Waals surface area contributed by atoms with Crippen molar-refractivity contribution in [2.24, 2.45) is 0 Å². The molecule has 3 fully saturated rings. The van der Waals surface area contributed by atoms with Crippen molar-refractivity contribution in [3.8, 4) is 0 Å². The summed E-state index contributed by atoms with van der Waals surface area (Å²) in [6.07, 6.45) is 4.97. The number of benzene rings is 2. The van der Waals surface area contributed by atoms with Crippen LogP contribution >= 0.6 is 0 Å². The Labute approximate surface area is 208 Å². The summed E-state index contributed by atoms with van der Waals surface area (Å²) in [6, 6.07) is 20.3. The molecule has 1 spiro atoms. The summed E-state index contributed by atoms with van der Waals surface area (Å²) in [4.78, 5) is 0. The second-order valence-corrected chi connectivity index (χ2v) is 9.56. The van der Waals surface area contributed by atoms with Crippen LogP contribution in [0.25, 0.3) is 0 Å². The normalized spacial score (nSPS) is 29.7. The van der Waals surface area contributed by atoms with Crippen molar-refractivity contribution in [1.29, 1.82) is 0 Å². The van der Waals surface area contributed by atoms with Crippen LogP contribution in [0.4, 0.5) is 0 Å². The maximum Gasteiger partial charge on any atom is 0.187 e. The van der Waals surface area contributed by atoms with Gasteiger partial charge in [-0.25, -0.2) is 0 Å². The Hall–Kier alpha value is -2.06. The van der Waals surface area contributed by atoms with Crippen molar-refractivity contribution in [2.45, 2.75) is 81.8 Å². The summed E-state index contributed by atoms with van der Waals surface area (Å²) in [5.41, 5.74) is 2.21. The van der Waals surface area contributed by atoms with Gasteiger partial charge in [0.25, 0.3) is 0 Å². The van der Waals surface area contributed by atoms with Crippen LogP contribution in [0.1, 0.15) is 43.2 Å². The zero-order valence-electron chi connectivity index (χ0n) is 20.3. The zero-order valence-corrected chi connectivity index (χ0v) is 20.3. The molecule has 2 aliphatic heterocycles. The molecule has 5 atom stereocenters. The average molecular weight is 481 g/mol. The van der Waals surface area contributed by atoms with E-state index in [0.717, 1.165) is 36.8 Å². The second kappa shape index (κ2) is 11.8. The third kappa shape index (κ3) is 6.02. The highest BCUT2D eigenvalue weighted by molar-refractivity contribution is 5.14. The highest BCUT2D eigenvalue weighted by atomic mass is 16.8. The Bertz CT molecular complexity index is 913. The Kier molecular flexibility index (Phi) is 8.29. The maximum absolute atomic E-state index is 6.71. The summed E-state index contributed by atoms with van der Waals surface area (Å²) < 4.78 is 38.4. The van der Waals surface area contributed by atoms with Crippen LogP contribution in [0.5, 0.6) is 0 Å². The van der Waals surface area contributed by atoms with Gasteiger partial charge in [-0.15, -0.1) is 6.58 Å². The molecule has 0 amide bonds. The maximum atomic E-state index is 6.71. The molecule has 35 heavy (non-hydrogen) atoms. The van der Waals surface area contributed by atoms with Crippen LogP contribution < -0.4 is 0 Å². The van der Waals surface area contributed by atoms with Gasteiger partial charge in [0.05, 0.1) is 26.4 Å². The smallest absolute Gasteiger partial charge is 0.187 e. The highest BCUT2D eigenvalue weighted by Gasteiger charge is 2.58. The lowest BCUT2D eigenvalue weighted by Gasteiger charge is -2.41. The van der Waals surface area contributed by atoms with Gasteiger partial charge in [-0.1, -0.05) is 73.2 Å². The van der Waals surface area contributed by atoms with E-state index in [1.807, 2.05) is 36.4 Å². The van der Waals surface area contributed by atoms with Gasteiger partial charge in [-0.2, -0.15) is 0 Å². The SMILES string of the molecule is C=CCO[C@@H]1O[C@H](COCc2ccccc2)[C@@H]2OC3(CCCCC3)O[C@@H]2[C@H]1OCc1ccccc1. The fraction of sp³-hybridized carbons (Fsp3) is 0.517. The molecule has 6 heteroatoms. The molecule has 0 unspecified atom stereocenters. The molecule has 0 N–H and O–H groups in total. The van der Waals surface area contributed by atoms with E-state index in [2.05, 4.69) is 30.8 Å². The first-order chi connectivity index (χ1) is 17.3. The monoisotopic (exact) mass is 480 g/mol. The number of ether oxygens (including phenoxy) is 6. The minimum atomic E-state index is -0.606. The molecule has 2 saturated heterocycles. The fourth-order valence-corrected chi connectivity index (χ4v) is 5.25. The van der Waals surface area contributed by atoms with Crippen molar-refractivity contribution in [1.82, 2.24) is 0 Å². The van der Waals surface area contributed by atoms with Crippen LogP contribution in [-0.2, 0) is 41.6 Å². The molecule has 1 saturated carbocycles. The van der Waals surface area contributed by atoms with Gasteiger partial charge in [0, 0.05) is 12.8 Å². The molecule has 2 heterocycles. The quantitative estimate of drug-likeness (QED) is 0.438. The molecule has 0 radical (unpaired) electrons. The first kappa shape index (κ1) is 24.6. The molecular weight excluding hydrogens is 444 g/mol. The van der Waals surface area contributed by atoms with E-state index in [1.54, 1.807) is 6.08 Å².